The molecule has 0 aliphatic carbocycles. The number of nitrogens with one attached hydrogen (secondary N) is 1. The molecule has 1 N–H and O–H groups in total. The molecule has 0 saturated heterocycles. The number of carbonyl (C=O) groups excluding carboxylic acids is 2. The molecule has 19 heavy (non-hydrogen) atoms. The summed E-state index contributed by atoms with van der Waals surface area (Å²) < 4.78 is 4.64. The zero-order valence-corrected chi connectivity index (χ0v) is 11.5. The number of benzene rings is 1. The minimum atomic E-state index is -0.479. The molecule has 0 fully saturated rings. The van der Waals surface area contributed by atoms with E-state index in [2.05, 4.69) is 10.1 Å². The third-order valence-corrected chi connectivity index (χ3v) is 3.49. The quantitative estimate of drug-likeness (QED) is 0.883. The molecular weight excluding hydrogens is 286 g/mol. The second-order valence-corrected chi connectivity index (χ2v) is 4.97. The van der Waals surface area contributed by atoms with Crippen LogP contribution in [-0.4, -0.2) is 19.0 Å². The van der Waals surface area contributed by atoms with Crippen LogP contribution >= 0.6 is 22.9 Å². The first-order valence-electron chi connectivity index (χ1n) is 5.34. The van der Waals surface area contributed by atoms with E-state index < -0.39 is 5.97 Å². The van der Waals surface area contributed by atoms with E-state index in [0.717, 1.165) is 0 Å². The number of anilines is 1. The maximum atomic E-state index is 12.0. The lowest BCUT2D eigenvalue weighted by molar-refractivity contribution is 0.0602. The van der Waals surface area contributed by atoms with Crippen LogP contribution in [0.4, 0.5) is 5.00 Å². The minimum Gasteiger partial charge on any atom is -0.465 e. The molecule has 4 nitrogen and oxygen atoms in total. The molecule has 0 aliphatic rings. The van der Waals surface area contributed by atoms with Gasteiger partial charge in [-0.1, -0.05) is 11.6 Å². The van der Waals surface area contributed by atoms with Gasteiger partial charge < -0.3 is 10.1 Å². The summed E-state index contributed by atoms with van der Waals surface area (Å²) in [4.78, 5) is 23.5. The van der Waals surface area contributed by atoms with E-state index in [1.165, 1.54) is 18.4 Å². The number of esters is 1. The van der Waals surface area contributed by atoms with Crippen LogP contribution in [0, 0.1) is 0 Å². The van der Waals surface area contributed by atoms with Crippen molar-refractivity contribution in [2.24, 2.45) is 0 Å². The van der Waals surface area contributed by atoms with Crippen LogP contribution in [0.25, 0.3) is 0 Å². The Morgan fingerprint density at radius 1 is 1.21 bits per heavy atom. The molecule has 0 spiro atoms. The second-order valence-electron chi connectivity index (χ2n) is 3.62. The molecule has 0 radical (unpaired) electrons. The molecule has 1 aromatic heterocycles. The molecule has 2 rings (SSSR count). The van der Waals surface area contributed by atoms with Crippen LogP contribution in [-0.2, 0) is 4.74 Å². The van der Waals surface area contributed by atoms with Gasteiger partial charge in [-0.05, 0) is 35.7 Å². The van der Waals surface area contributed by atoms with E-state index in [9.17, 15) is 9.59 Å². The standard InChI is InChI=1S/C13H10ClNO3S/c1-18-13(17)10-6-7-19-12(10)15-11(16)8-2-4-9(14)5-3-8/h2-7H,1H3,(H,15,16). The Labute approximate surface area is 119 Å². The van der Waals surface area contributed by atoms with Crippen LogP contribution in [0.15, 0.2) is 35.7 Å². The average Bonchev–Trinajstić information content (AvgIpc) is 2.86. The molecule has 1 amide bonds. The van der Waals surface area contributed by atoms with E-state index >= 15 is 0 Å². The van der Waals surface area contributed by atoms with Gasteiger partial charge in [-0.25, -0.2) is 4.79 Å². The van der Waals surface area contributed by atoms with Gasteiger partial charge in [0.05, 0.1) is 12.7 Å². The van der Waals surface area contributed by atoms with Crippen molar-refractivity contribution in [3.63, 3.8) is 0 Å². The number of ether oxygens (including phenoxy) is 1. The number of carbonyl (C=O) groups is 2. The second kappa shape index (κ2) is 5.86. The Balaban J connectivity index is 2.17. The highest BCUT2D eigenvalue weighted by Crippen LogP contribution is 2.24. The zero-order valence-electron chi connectivity index (χ0n) is 9.98. The van der Waals surface area contributed by atoms with E-state index in [1.54, 1.807) is 35.7 Å². The molecule has 6 heteroatoms. The first kappa shape index (κ1) is 13.6. The highest BCUT2D eigenvalue weighted by Gasteiger charge is 2.16. The SMILES string of the molecule is COC(=O)c1ccsc1NC(=O)c1ccc(Cl)cc1. The molecule has 0 aliphatic heterocycles. The fourth-order valence-corrected chi connectivity index (χ4v) is 2.35. The molecular formula is C13H10ClNO3S. The maximum absolute atomic E-state index is 12.0. The molecule has 2 aromatic rings. The van der Waals surface area contributed by atoms with E-state index in [-0.39, 0.29) is 5.91 Å². The molecule has 1 aromatic carbocycles. The van der Waals surface area contributed by atoms with Gasteiger partial charge in [0.25, 0.3) is 5.91 Å². The van der Waals surface area contributed by atoms with Gasteiger partial charge in [0.15, 0.2) is 0 Å². The fraction of sp³-hybridized carbons (Fsp3) is 0.0769. The van der Waals surface area contributed by atoms with Crippen molar-refractivity contribution in [3.05, 3.63) is 51.9 Å². The first-order chi connectivity index (χ1) is 9.11. The summed E-state index contributed by atoms with van der Waals surface area (Å²) in [5.41, 5.74) is 0.809. The normalized spacial score (nSPS) is 10.0. The van der Waals surface area contributed by atoms with Crippen LogP contribution < -0.4 is 5.32 Å². The number of thiophene rings is 1. The summed E-state index contributed by atoms with van der Waals surface area (Å²) in [5, 5.41) is 5.41. The largest absolute Gasteiger partial charge is 0.465 e. The van der Waals surface area contributed by atoms with Crippen LogP contribution in [0.2, 0.25) is 5.02 Å². The van der Waals surface area contributed by atoms with E-state index in [4.69, 9.17) is 11.6 Å². The molecule has 0 bridgehead atoms. The molecule has 0 atom stereocenters. The number of hydrogen-bond acceptors (Lipinski definition) is 4. The first-order valence-corrected chi connectivity index (χ1v) is 6.60. The van der Waals surface area contributed by atoms with Crippen LogP contribution in [0.1, 0.15) is 20.7 Å². The molecule has 98 valence electrons. The summed E-state index contributed by atoms with van der Waals surface area (Å²) in [5.74, 6) is -0.781. The number of rotatable bonds is 3. The Morgan fingerprint density at radius 2 is 1.89 bits per heavy atom. The average molecular weight is 296 g/mol. The van der Waals surface area contributed by atoms with Crippen molar-refractivity contribution < 1.29 is 14.3 Å². The minimum absolute atomic E-state index is 0.302. The van der Waals surface area contributed by atoms with Crippen molar-refractivity contribution in [2.75, 3.05) is 12.4 Å². The van der Waals surface area contributed by atoms with Crippen LogP contribution in [0.5, 0.6) is 0 Å². The Morgan fingerprint density at radius 3 is 2.53 bits per heavy atom. The highest BCUT2D eigenvalue weighted by atomic mass is 35.5. The number of methoxy groups -OCH3 is 1. The van der Waals surface area contributed by atoms with Crippen LogP contribution in [0.3, 0.4) is 0 Å². The summed E-state index contributed by atoms with van der Waals surface area (Å²) >= 11 is 7.01. The Kier molecular flexibility index (Phi) is 4.19. The van der Waals surface area contributed by atoms with Crippen molar-refractivity contribution >= 4 is 39.8 Å². The lowest BCUT2D eigenvalue weighted by atomic mass is 10.2. The predicted molar refractivity (Wildman–Crippen MR) is 75.1 cm³/mol. The molecule has 0 saturated carbocycles. The number of hydrogen-bond donors (Lipinski definition) is 1. The number of halogens is 1. The van der Waals surface area contributed by atoms with Gasteiger partial charge >= 0.3 is 5.97 Å². The highest BCUT2D eigenvalue weighted by molar-refractivity contribution is 7.14. The van der Waals surface area contributed by atoms with Gasteiger partial charge in [-0.3, -0.25) is 4.79 Å². The summed E-state index contributed by atoms with van der Waals surface area (Å²) in [6.07, 6.45) is 0. The summed E-state index contributed by atoms with van der Waals surface area (Å²) in [6, 6.07) is 8.10. The lowest BCUT2D eigenvalue weighted by Crippen LogP contribution is -2.13. The van der Waals surface area contributed by atoms with Gasteiger partial charge in [0.2, 0.25) is 0 Å². The van der Waals surface area contributed by atoms with Crippen molar-refractivity contribution in [2.45, 2.75) is 0 Å². The monoisotopic (exact) mass is 295 g/mol. The molecule has 0 unspecified atom stereocenters. The number of amides is 1. The van der Waals surface area contributed by atoms with Gasteiger partial charge in [-0.2, -0.15) is 0 Å². The fourth-order valence-electron chi connectivity index (χ4n) is 1.45. The molecule has 1 heterocycles. The summed E-state index contributed by atoms with van der Waals surface area (Å²) in [6.45, 7) is 0. The predicted octanol–water partition coefficient (Wildman–Crippen LogP) is 3.44. The Hall–Kier alpha value is -1.85. The van der Waals surface area contributed by atoms with Crippen molar-refractivity contribution in [3.8, 4) is 0 Å². The Bertz CT molecular complexity index is 607. The van der Waals surface area contributed by atoms with Gasteiger partial charge in [0.1, 0.15) is 5.00 Å². The van der Waals surface area contributed by atoms with Gasteiger partial charge in [0, 0.05) is 10.6 Å². The topological polar surface area (TPSA) is 55.4 Å². The van der Waals surface area contributed by atoms with E-state index in [0.29, 0.717) is 21.2 Å². The van der Waals surface area contributed by atoms with E-state index in [1.807, 2.05) is 0 Å². The summed E-state index contributed by atoms with van der Waals surface area (Å²) in [7, 11) is 1.30. The third-order valence-electron chi connectivity index (χ3n) is 2.40. The van der Waals surface area contributed by atoms with Crippen molar-refractivity contribution in [1.82, 2.24) is 0 Å². The lowest BCUT2D eigenvalue weighted by Gasteiger charge is -2.05. The zero-order chi connectivity index (χ0) is 13.8. The third kappa shape index (κ3) is 3.13. The maximum Gasteiger partial charge on any atom is 0.340 e. The smallest absolute Gasteiger partial charge is 0.340 e. The van der Waals surface area contributed by atoms with Gasteiger partial charge in [-0.15, -0.1) is 11.3 Å². The van der Waals surface area contributed by atoms with Crippen molar-refractivity contribution in [1.29, 1.82) is 0 Å².